The molecule has 0 aromatic heterocycles. The molecule has 1 rings (SSSR count). The van der Waals surface area contributed by atoms with E-state index in [2.05, 4.69) is 25.7 Å². The highest BCUT2D eigenvalue weighted by Crippen LogP contribution is 2.29. The minimum absolute atomic E-state index is 0.827. The first kappa shape index (κ1) is 17.4. The summed E-state index contributed by atoms with van der Waals surface area (Å²) in [4.78, 5) is 2.59. The van der Waals surface area contributed by atoms with Crippen LogP contribution in [0.15, 0.2) is 0 Å². The fourth-order valence-corrected chi connectivity index (χ4v) is 1.51. The lowest BCUT2D eigenvalue weighted by Crippen LogP contribution is -2.29. The molecule has 0 aromatic rings. The smallest absolute Gasteiger partial charge is 0.000966 e. The van der Waals surface area contributed by atoms with Gasteiger partial charge in [0, 0.05) is 13.1 Å². The van der Waals surface area contributed by atoms with E-state index < -0.39 is 0 Å². The van der Waals surface area contributed by atoms with E-state index in [4.69, 9.17) is 0 Å². The normalized spacial score (nSPS) is 14.2. The van der Waals surface area contributed by atoms with E-state index >= 15 is 0 Å². The summed E-state index contributed by atoms with van der Waals surface area (Å²) in [6, 6.07) is 0. The first-order chi connectivity index (χ1) is 7.22. The van der Waals surface area contributed by atoms with Crippen LogP contribution in [0.4, 0.5) is 0 Å². The standard InChI is InChI=1S/C10H21N.2C2H6/c1-4-11(7-9(2)3)8-10-5-6-10;2*1-2/h9-10H,4-8H2,1-3H3;2*1-2H3. The zero-order chi connectivity index (χ0) is 12.3. The Kier molecular flexibility index (Phi) is 13.9. The lowest BCUT2D eigenvalue weighted by atomic mass is 10.2. The molecule has 0 radical (unpaired) electrons. The number of hydrogen-bond acceptors (Lipinski definition) is 1. The first-order valence-corrected chi connectivity index (χ1v) is 6.94. The van der Waals surface area contributed by atoms with Crippen LogP contribution in [0.25, 0.3) is 0 Å². The van der Waals surface area contributed by atoms with Crippen molar-refractivity contribution < 1.29 is 0 Å². The third-order valence-electron chi connectivity index (χ3n) is 2.28. The maximum atomic E-state index is 2.59. The van der Waals surface area contributed by atoms with Crippen molar-refractivity contribution in [2.24, 2.45) is 11.8 Å². The largest absolute Gasteiger partial charge is 0.303 e. The zero-order valence-corrected chi connectivity index (χ0v) is 12.1. The Balaban J connectivity index is 0. The molecule has 1 aliphatic rings. The van der Waals surface area contributed by atoms with E-state index in [1.807, 2.05) is 27.7 Å². The highest BCUT2D eigenvalue weighted by molar-refractivity contribution is 4.77. The molecule has 0 heterocycles. The van der Waals surface area contributed by atoms with Gasteiger partial charge in [0.2, 0.25) is 0 Å². The van der Waals surface area contributed by atoms with Crippen molar-refractivity contribution in [3.05, 3.63) is 0 Å². The molecule has 0 amide bonds. The third-order valence-corrected chi connectivity index (χ3v) is 2.28. The van der Waals surface area contributed by atoms with Gasteiger partial charge in [0.1, 0.15) is 0 Å². The van der Waals surface area contributed by atoms with Crippen LogP contribution in [0.1, 0.15) is 61.3 Å². The second-order valence-electron chi connectivity index (χ2n) is 4.19. The minimum Gasteiger partial charge on any atom is -0.303 e. The van der Waals surface area contributed by atoms with Gasteiger partial charge in [-0.2, -0.15) is 0 Å². The fraction of sp³-hybridized carbons (Fsp3) is 1.00. The highest BCUT2D eigenvalue weighted by Gasteiger charge is 2.23. The fourth-order valence-electron chi connectivity index (χ4n) is 1.51. The Bertz CT molecular complexity index is 102. The van der Waals surface area contributed by atoms with Gasteiger partial charge < -0.3 is 4.90 Å². The Morgan fingerprint density at radius 3 is 1.80 bits per heavy atom. The molecule has 1 nitrogen and oxygen atoms in total. The summed E-state index contributed by atoms with van der Waals surface area (Å²) in [5, 5.41) is 0. The van der Waals surface area contributed by atoms with Gasteiger partial charge >= 0.3 is 0 Å². The molecule has 94 valence electrons. The van der Waals surface area contributed by atoms with E-state index in [0.29, 0.717) is 0 Å². The van der Waals surface area contributed by atoms with Crippen LogP contribution in [0.5, 0.6) is 0 Å². The quantitative estimate of drug-likeness (QED) is 0.656. The minimum atomic E-state index is 0.827. The Morgan fingerprint density at radius 1 is 1.07 bits per heavy atom. The molecule has 1 heteroatoms. The molecule has 0 aliphatic heterocycles. The van der Waals surface area contributed by atoms with Crippen LogP contribution in [0, 0.1) is 11.8 Å². The van der Waals surface area contributed by atoms with Gasteiger partial charge in [0.25, 0.3) is 0 Å². The molecular weight excluding hydrogens is 182 g/mol. The predicted molar refractivity (Wildman–Crippen MR) is 72.4 cm³/mol. The summed E-state index contributed by atoms with van der Waals surface area (Å²) < 4.78 is 0. The van der Waals surface area contributed by atoms with Crippen LogP contribution >= 0.6 is 0 Å². The molecule has 0 aromatic carbocycles. The van der Waals surface area contributed by atoms with Crippen LogP contribution in [-0.4, -0.2) is 24.5 Å². The predicted octanol–water partition coefficient (Wildman–Crippen LogP) is 4.43. The number of hydrogen-bond donors (Lipinski definition) is 0. The van der Waals surface area contributed by atoms with E-state index in [-0.39, 0.29) is 0 Å². The van der Waals surface area contributed by atoms with Crippen molar-refractivity contribution >= 4 is 0 Å². The maximum absolute atomic E-state index is 2.59. The molecule has 0 spiro atoms. The van der Waals surface area contributed by atoms with Gasteiger partial charge in [0.15, 0.2) is 0 Å². The van der Waals surface area contributed by atoms with E-state index in [9.17, 15) is 0 Å². The molecule has 1 saturated carbocycles. The van der Waals surface area contributed by atoms with Gasteiger partial charge in [-0.15, -0.1) is 0 Å². The average molecular weight is 215 g/mol. The zero-order valence-electron chi connectivity index (χ0n) is 12.1. The molecule has 0 N–H and O–H groups in total. The summed E-state index contributed by atoms with van der Waals surface area (Å²) in [7, 11) is 0. The van der Waals surface area contributed by atoms with Crippen molar-refractivity contribution in [3.63, 3.8) is 0 Å². The second kappa shape index (κ2) is 12.0. The van der Waals surface area contributed by atoms with Gasteiger partial charge in [-0.05, 0) is 31.2 Å². The van der Waals surface area contributed by atoms with Crippen molar-refractivity contribution in [3.8, 4) is 0 Å². The van der Waals surface area contributed by atoms with Crippen LogP contribution in [0.3, 0.4) is 0 Å². The maximum Gasteiger partial charge on any atom is 0.000966 e. The molecule has 0 atom stereocenters. The molecule has 0 unspecified atom stereocenters. The Morgan fingerprint density at radius 2 is 1.53 bits per heavy atom. The summed E-state index contributed by atoms with van der Waals surface area (Å²) in [5.74, 6) is 1.88. The van der Waals surface area contributed by atoms with Crippen molar-refractivity contribution in [2.45, 2.75) is 61.3 Å². The van der Waals surface area contributed by atoms with Crippen molar-refractivity contribution in [1.29, 1.82) is 0 Å². The molecular formula is C14H33N. The number of nitrogens with zero attached hydrogens (tertiary/aromatic N) is 1. The average Bonchev–Trinajstić information content (AvgIpc) is 3.06. The first-order valence-electron chi connectivity index (χ1n) is 6.94. The van der Waals surface area contributed by atoms with Gasteiger partial charge in [0.05, 0.1) is 0 Å². The lowest BCUT2D eigenvalue weighted by Gasteiger charge is -2.21. The van der Waals surface area contributed by atoms with Crippen LogP contribution < -0.4 is 0 Å². The van der Waals surface area contributed by atoms with Gasteiger partial charge in [-0.25, -0.2) is 0 Å². The number of rotatable bonds is 5. The summed E-state index contributed by atoms with van der Waals surface area (Å²) >= 11 is 0. The lowest BCUT2D eigenvalue weighted by molar-refractivity contribution is 0.247. The van der Waals surface area contributed by atoms with E-state index in [0.717, 1.165) is 11.8 Å². The molecule has 15 heavy (non-hydrogen) atoms. The third kappa shape index (κ3) is 11.9. The molecule has 1 aliphatic carbocycles. The van der Waals surface area contributed by atoms with Gasteiger partial charge in [-0.1, -0.05) is 48.5 Å². The monoisotopic (exact) mass is 215 g/mol. The van der Waals surface area contributed by atoms with Gasteiger partial charge in [-0.3, -0.25) is 0 Å². The van der Waals surface area contributed by atoms with Crippen LogP contribution in [0.2, 0.25) is 0 Å². The van der Waals surface area contributed by atoms with Crippen LogP contribution in [-0.2, 0) is 0 Å². The molecule has 0 saturated heterocycles. The van der Waals surface area contributed by atoms with Crippen molar-refractivity contribution in [1.82, 2.24) is 4.90 Å². The summed E-state index contributed by atoms with van der Waals surface area (Å²) in [6.45, 7) is 18.7. The summed E-state index contributed by atoms with van der Waals surface area (Å²) in [6.07, 6.45) is 2.96. The SMILES string of the molecule is CC.CC.CCN(CC(C)C)CC1CC1. The Hall–Kier alpha value is -0.0400. The summed E-state index contributed by atoms with van der Waals surface area (Å²) in [5.41, 5.74) is 0. The second-order valence-corrected chi connectivity index (χ2v) is 4.19. The van der Waals surface area contributed by atoms with E-state index in [1.165, 1.54) is 32.5 Å². The highest BCUT2D eigenvalue weighted by atomic mass is 15.1. The van der Waals surface area contributed by atoms with Crippen molar-refractivity contribution in [2.75, 3.05) is 19.6 Å². The molecule has 1 fully saturated rings. The Labute approximate surface area is 98.2 Å². The topological polar surface area (TPSA) is 3.24 Å². The molecule has 0 bridgehead atoms. The van der Waals surface area contributed by atoms with E-state index in [1.54, 1.807) is 0 Å².